The van der Waals surface area contributed by atoms with Gasteiger partial charge in [0.15, 0.2) is 0 Å². The fourth-order valence-electron chi connectivity index (χ4n) is 3.00. The molecule has 0 aliphatic heterocycles. The van der Waals surface area contributed by atoms with Gasteiger partial charge in [-0.25, -0.2) is 4.79 Å². The molecule has 3 rings (SSSR count). The van der Waals surface area contributed by atoms with Crippen LogP contribution in [0.15, 0.2) is 48.8 Å². The molecule has 0 bridgehead atoms. The Hall–Kier alpha value is -2.68. The summed E-state index contributed by atoms with van der Waals surface area (Å²) in [5, 5.41) is 28.2. The molecular weight excluding hydrogens is 402 g/mol. The number of ether oxygens (including phenoxy) is 1. The Kier molecular flexibility index (Phi) is 6.91. The van der Waals surface area contributed by atoms with Crippen LogP contribution in [0.2, 0.25) is 0 Å². The van der Waals surface area contributed by atoms with Crippen molar-refractivity contribution < 1.29 is 19.7 Å². The second kappa shape index (κ2) is 9.42. The molecule has 1 amide bonds. The SMILES string of the molecule is CC(C)(C)OC(=O)NCC(c1ccc(CO)s1)C(O)Nc1ccc2cnccc2c1. The quantitative estimate of drug-likeness (QED) is 0.426. The van der Waals surface area contributed by atoms with Crippen LogP contribution in [0.3, 0.4) is 0 Å². The van der Waals surface area contributed by atoms with Crippen LogP contribution in [0.5, 0.6) is 0 Å². The number of fused-ring (bicyclic) bond motifs is 1. The van der Waals surface area contributed by atoms with Gasteiger partial charge in [0.2, 0.25) is 0 Å². The number of rotatable bonds is 7. The van der Waals surface area contributed by atoms with Gasteiger partial charge in [-0.15, -0.1) is 11.3 Å². The molecule has 0 radical (unpaired) electrons. The van der Waals surface area contributed by atoms with Crippen molar-refractivity contribution in [2.75, 3.05) is 11.9 Å². The van der Waals surface area contributed by atoms with Gasteiger partial charge < -0.3 is 25.6 Å². The second-order valence-electron chi connectivity index (χ2n) is 7.98. The Balaban J connectivity index is 1.76. The minimum absolute atomic E-state index is 0.0703. The number of carbonyl (C=O) groups is 1. The lowest BCUT2D eigenvalue weighted by Crippen LogP contribution is -2.39. The smallest absolute Gasteiger partial charge is 0.407 e. The summed E-state index contributed by atoms with van der Waals surface area (Å²) in [7, 11) is 0. The number of hydrogen-bond donors (Lipinski definition) is 4. The number of pyridine rings is 1. The predicted octanol–water partition coefficient (Wildman–Crippen LogP) is 3.83. The number of nitrogens with zero attached hydrogens (tertiary/aromatic N) is 1. The Morgan fingerprint density at radius 2 is 2.00 bits per heavy atom. The van der Waals surface area contributed by atoms with Crippen LogP contribution in [-0.4, -0.2) is 39.7 Å². The summed E-state index contributed by atoms with van der Waals surface area (Å²) in [4.78, 5) is 17.8. The average molecular weight is 430 g/mol. The van der Waals surface area contributed by atoms with E-state index in [9.17, 15) is 15.0 Å². The van der Waals surface area contributed by atoms with E-state index in [0.717, 1.165) is 26.2 Å². The van der Waals surface area contributed by atoms with Crippen molar-refractivity contribution in [3.8, 4) is 0 Å². The summed E-state index contributed by atoms with van der Waals surface area (Å²) in [5.41, 5.74) is 0.144. The molecule has 160 valence electrons. The molecule has 8 heteroatoms. The number of alkyl carbamates (subject to hydrolysis) is 1. The van der Waals surface area contributed by atoms with Gasteiger partial charge in [-0.1, -0.05) is 6.07 Å². The molecule has 0 fully saturated rings. The molecule has 0 saturated carbocycles. The molecule has 0 aliphatic carbocycles. The monoisotopic (exact) mass is 429 g/mol. The summed E-state index contributed by atoms with van der Waals surface area (Å²) < 4.78 is 5.30. The summed E-state index contributed by atoms with van der Waals surface area (Å²) in [6.07, 6.45) is 1.99. The zero-order chi connectivity index (χ0) is 21.7. The topological polar surface area (TPSA) is 104 Å². The number of aliphatic hydroxyl groups excluding tert-OH is 2. The van der Waals surface area contributed by atoms with Crippen LogP contribution in [0.4, 0.5) is 10.5 Å². The molecule has 0 spiro atoms. The van der Waals surface area contributed by atoms with Crippen molar-refractivity contribution in [2.24, 2.45) is 0 Å². The lowest BCUT2D eigenvalue weighted by molar-refractivity contribution is 0.0514. The number of aromatic nitrogens is 1. The van der Waals surface area contributed by atoms with E-state index in [1.165, 1.54) is 11.3 Å². The van der Waals surface area contributed by atoms with Crippen LogP contribution in [0.1, 0.15) is 36.4 Å². The van der Waals surface area contributed by atoms with Crippen LogP contribution in [0.25, 0.3) is 10.8 Å². The third-order valence-electron chi connectivity index (χ3n) is 4.41. The maximum absolute atomic E-state index is 12.1. The maximum Gasteiger partial charge on any atom is 0.407 e. The van der Waals surface area contributed by atoms with Gasteiger partial charge in [0.25, 0.3) is 0 Å². The number of nitrogens with one attached hydrogen (secondary N) is 2. The van der Waals surface area contributed by atoms with Gasteiger partial charge in [0, 0.05) is 39.8 Å². The first-order valence-electron chi connectivity index (χ1n) is 9.70. The predicted molar refractivity (Wildman–Crippen MR) is 119 cm³/mol. The number of amides is 1. The molecule has 0 aliphatic rings. The second-order valence-corrected chi connectivity index (χ2v) is 9.18. The third kappa shape index (κ3) is 5.91. The first-order chi connectivity index (χ1) is 14.2. The maximum atomic E-state index is 12.1. The molecule has 3 aromatic rings. The first-order valence-corrected chi connectivity index (χ1v) is 10.5. The van der Waals surface area contributed by atoms with E-state index in [4.69, 9.17) is 4.74 Å². The zero-order valence-corrected chi connectivity index (χ0v) is 18.1. The van der Waals surface area contributed by atoms with Gasteiger partial charge in [-0.2, -0.15) is 0 Å². The first kappa shape index (κ1) is 22.0. The van der Waals surface area contributed by atoms with E-state index in [2.05, 4.69) is 15.6 Å². The average Bonchev–Trinajstić information content (AvgIpc) is 3.15. The van der Waals surface area contributed by atoms with Crippen molar-refractivity contribution in [1.82, 2.24) is 10.3 Å². The number of carbonyl (C=O) groups excluding carboxylic acids is 1. The lowest BCUT2D eigenvalue weighted by Gasteiger charge is -2.25. The van der Waals surface area contributed by atoms with Crippen molar-refractivity contribution >= 4 is 33.9 Å². The molecule has 2 heterocycles. The van der Waals surface area contributed by atoms with Crippen LogP contribution >= 0.6 is 11.3 Å². The van der Waals surface area contributed by atoms with Gasteiger partial charge in [-0.3, -0.25) is 4.98 Å². The highest BCUT2D eigenvalue weighted by Gasteiger charge is 2.25. The minimum Gasteiger partial charge on any atom is -0.444 e. The molecule has 7 nitrogen and oxygen atoms in total. The lowest BCUT2D eigenvalue weighted by atomic mass is 10.0. The van der Waals surface area contributed by atoms with E-state index < -0.39 is 23.8 Å². The molecule has 2 atom stereocenters. The fraction of sp³-hybridized carbons (Fsp3) is 0.364. The van der Waals surface area contributed by atoms with Crippen LogP contribution < -0.4 is 10.6 Å². The van der Waals surface area contributed by atoms with E-state index in [1.54, 1.807) is 33.2 Å². The zero-order valence-electron chi connectivity index (χ0n) is 17.3. The van der Waals surface area contributed by atoms with Gasteiger partial charge in [0.05, 0.1) is 12.5 Å². The molecule has 2 unspecified atom stereocenters. The number of anilines is 1. The molecule has 4 N–H and O–H groups in total. The number of hydrogen-bond acceptors (Lipinski definition) is 7. The molecular formula is C22H27N3O4S. The molecule has 30 heavy (non-hydrogen) atoms. The van der Waals surface area contributed by atoms with E-state index in [0.29, 0.717) is 0 Å². The highest BCUT2D eigenvalue weighted by Crippen LogP contribution is 2.29. The summed E-state index contributed by atoms with van der Waals surface area (Å²) in [6.45, 7) is 5.48. The Labute approximate surface area is 179 Å². The Bertz CT molecular complexity index is 999. The third-order valence-corrected chi connectivity index (χ3v) is 5.61. The largest absolute Gasteiger partial charge is 0.444 e. The van der Waals surface area contributed by atoms with Crippen LogP contribution in [0, 0.1) is 0 Å². The highest BCUT2D eigenvalue weighted by molar-refractivity contribution is 7.12. The van der Waals surface area contributed by atoms with Gasteiger partial charge in [-0.05, 0) is 56.5 Å². The minimum atomic E-state index is -0.968. The van der Waals surface area contributed by atoms with Crippen molar-refractivity contribution in [1.29, 1.82) is 0 Å². The van der Waals surface area contributed by atoms with Crippen molar-refractivity contribution in [3.05, 3.63) is 58.5 Å². The molecule has 0 saturated heterocycles. The molecule has 1 aromatic carbocycles. The normalized spacial score (nSPS) is 13.6. The van der Waals surface area contributed by atoms with E-state index in [-0.39, 0.29) is 13.2 Å². The Morgan fingerprint density at radius 3 is 2.70 bits per heavy atom. The molecule has 2 aromatic heterocycles. The summed E-state index contributed by atoms with van der Waals surface area (Å²) in [5.74, 6) is -0.434. The highest BCUT2D eigenvalue weighted by atomic mass is 32.1. The van der Waals surface area contributed by atoms with Gasteiger partial charge in [0.1, 0.15) is 11.8 Å². The summed E-state index contributed by atoms with van der Waals surface area (Å²) >= 11 is 1.40. The van der Waals surface area contributed by atoms with E-state index in [1.807, 2.05) is 36.4 Å². The standard InChI is InChI=1S/C22H27N3O4S/c1-22(2,3)29-21(28)24-12-18(19-7-6-17(13-26)30-19)20(27)25-16-5-4-15-11-23-9-8-14(15)10-16/h4-11,18,20,25-27H,12-13H2,1-3H3,(H,24,28). The van der Waals surface area contributed by atoms with E-state index >= 15 is 0 Å². The fourth-order valence-corrected chi connectivity index (χ4v) is 4.00. The van der Waals surface area contributed by atoms with Gasteiger partial charge >= 0.3 is 6.09 Å². The summed E-state index contributed by atoms with van der Waals surface area (Å²) in [6, 6.07) is 11.3. The number of aliphatic hydroxyl groups is 2. The van der Waals surface area contributed by atoms with Crippen LogP contribution in [-0.2, 0) is 11.3 Å². The number of thiophene rings is 1. The van der Waals surface area contributed by atoms with Crippen molar-refractivity contribution in [3.63, 3.8) is 0 Å². The number of benzene rings is 1. The Morgan fingerprint density at radius 1 is 1.20 bits per heavy atom. The van der Waals surface area contributed by atoms with Crippen molar-refractivity contribution in [2.45, 2.75) is 45.1 Å².